The molecule has 3 aliphatic rings. The van der Waals surface area contributed by atoms with Gasteiger partial charge in [0.1, 0.15) is 0 Å². The fourth-order valence-electron chi connectivity index (χ4n) is 4.29. The van der Waals surface area contributed by atoms with E-state index >= 15 is 0 Å². The average molecular weight is 306 g/mol. The Labute approximate surface area is 136 Å². The summed E-state index contributed by atoms with van der Waals surface area (Å²) in [6.45, 7) is 5.96. The van der Waals surface area contributed by atoms with Crippen LogP contribution >= 0.6 is 0 Å². The zero-order valence-electron chi connectivity index (χ0n) is 14.5. The van der Waals surface area contributed by atoms with Gasteiger partial charge in [-0.3, -0.25) is 4.99 Å². The van der Waals surface area contributed by atoms with Crippen molar-refractivity contribution in [3.05, 3.63) is 0 Å². The van der Waals surface area contributed by atoms with Crippen LogP contribution in [0.1, 0.15) is 64.7 Å². The van der Waals surface area contributed by atoms with E-state index in [9.17, 15) is 0 Å². The molecule has 0 atom stereocenters. The van der Waals surface area contributed by atoms with E-state index in [4.69, 9.17) is 0 Å². The molecular weight excluding hydrogens is 272 g/mol. The van der Waals surface area contributed by atoms with Crippen LogP contribution in [0.5, 0.6) is 0 Å². The molecule has 0 aromatic carbocycles. The number of hydrogen-bond donors (Lipinski definition) is 2. The van der Waals surface area contributed by atoms with E-state index in [-0.39, 0.29) is 0 Å². The molecule has 0 aromatic rings. The number of nitrogens with zero attached hydrogens (tertiary/aromatic N) is 2. The highest BCUT2D eigenvalue weighted by Gasteiger charge is 2.33. The first-order valence-electron chi connectivity index (χ1n) is 9.46. The van der Waals surface area contributed by atoms with Gasteiger partial charge in [0.2, 0.25) is 0 Å². The molecule has 0 spiro atoms. The molecule has 22 heavy (non-hydrogen) atoms. The Bertz CT molecular complexity index is 375. The molecule has 0 aromatic heterocycles. The maximum absolute atomic E-state index is 4.46. The van der Waals surface area contributed by atoms with Crippen LogP contribution in [-0.4, -0.2) is 49.6 Å². The van der Waals surface area contributed by atoms with Crippen LogP contribution in [0.2, 0.25) is 0 Å². The molecule has 1 heterocycles. The number of aliphatic imine (C=N–C) groups is 1. The monoisotopic (exact) mass is 306 g/mol. The molecule has 3 rings (SSSR count). The molecule has 0 bridgehead atoms. The molecule has 0 radical (unpaired) electrons. The van der Waals surface area contributed by atoms with Gasteiger partial charge >= 0.3 is 0 Å². The van der Waals surface area contributed by atoms with E-state index in [1.165, 1.54) is 70.9 Å². The van der Waals surface area contributed by atoms with Crippen LogP contribution in [0.25, 0.3) is 0 Å². The van der Waals surface area contributed by atoms with Crippen molar-refractivity contribution in [3.8, 4) is 0 Å². The minimum atomic E-state index is 0.521. The first-order chi connectivity index (χ1) is 10.7. The Balaban J connectivity index is 1.42. The van der Waals surface area contributed by atoms with Gasteiger partial charge in [-0.2, -0.15) is 0 Å². The van der Waals surface area contributed by atoms with E-state index < -0.39 is 0 Å². The molecule has 126 valence electrons. The molecule has 2 aliphatic carbocycles. The lowest BCUT2D eigenvalue weighted by Crippen LogP contribution is -2.50. The van der Waals surface area contributed by atoms with Crippen LogP contribution in [0.3, 0.4) is 0 Å². The minimum Gasteiger partial charge on any atom is -0.356 e. The van der Waals surface area contributed by atoms with Crippen molar-refractivity contribution in [1.82, 2.24) is 15.5 Å². The summed E-state index contributed by atoms with van der Waals surface area (Å²) >= 11 is 0. The third-order valence-electron chi connectivity index (χ3n) is 6.20. The molecule has 4 heteroatoms. The maximum Gasteiger partial charge on any atom is 0.191 e. The largest absolute Gasteiger partial charge is 0.356 e. The normalized spacial score (nSPS) is 27.1. The van der Waals surface area contributed by atoms with Gasteiger partial charge < -0.3 is 15.5 Å². The van der Waals surface area contributed by atoms with Gasteiger partial charge in [-0.05, 0) is 50.4 Å². The number of likely N-dealkylation sites (tertiary alicyclic amines) is 1. The van der Waals surface area contributed by atoms with Gasteiger partial charge in [0.25, 0.3) is 0 Å². The van der Waals surface area contributed by atoms with Crippen LogP contribution in [0.15, 0.2) is 4.99 Å². The first-order valence-corrected chi connectivity index (χ1v) is 9.46. The molecule has 1 aliphatic heterocycles. The number of piperidine rings is 1. The van der Waals surface area contributed by atoms with E-state index in [2.05, 4.69) is 27.4 Å². The van der Waals surface area contributed by atoms with Crippen molar-refractivity contribution in [2.45, 2.75) is 76.8 Å². The lowest BCUT2D eigenvalue weighted by Gasteiger charge is -2.34. The summed E-state index contributed by atoms with van der Waals surface area (Å²) in [5.74, 6) is 1.02. The Morgan fingerprint density at radius 2 is 1.82 bits per heavy atom. The lowest BCUT2D eigenvalue weighted by atomic mass is 9.83. The molecule has 3 fully saturated rings. The van der Waals surface area contributed by atoms with Crippen molar-refractivity contribution in [2.75, 3.05) is 26.7 Å². The van der Waals surface area contributed by atoms with Crippen molar-refractivity contribution < 1.29 is 0 Å². The van der Waals surface area contributed by atoms with Gasteiger partial charge in [-0.25, -0.2) is 0 Å². The fourth-order valence-corrected chi connectivity index (χ4v) is 4.29. The Morgan fingerprint density at radius 1 is 1.14 bits per heavy atom. The number of hydrogen-bond acceptors (Lipinski definition) is 2. The highest BCUT2D eigenvalue weighted by Crippen LogP contribution is 2.40. The highest BCUT2D eigenvalue weighted by atomic mass is 15.2. The zero-order valence-corrected chi connectivity index (χ0v) is 14.5. The summed E-state index contributed by atoms with van der Waals surface area (Å²) in [4.78, 5) is 7.14. The van der Waals surface area contributed by atoms with Gasteiger partial charge in [-0.15, -0.1) is 0 Å². The Hall–Kier alpha value is -0.770. The lowest BCUT2D eigenvalue weighted by molar-refractivity contribution is 0.197. The average Bonchev–Trinajstić information content (AvgIpc) is 3.31. The Kier molecular flexibility index (Phi) is 5.27. The summed E-state index contributed by atoms with van der Waals surface area (Å²) in [5, 5.41) is 7.29. The molecule has 0 unspecified atom stereocenters. The summed E-state index contributed by atoms with van der Waals surface area (Å²) in [6.07, 6.45) is 12.2. The molecule has 2 N–H and O–H groups in total. The number of rotatable bonds is 5. The van der Waals surface area contributed by atoms with Crippen molar-refractivity contribution in [2.24, 2.45) is 10.4 Å². The second kappa shape index (κ2) is 7.20. The Morgan fingerprint density at radius 3 is 2.36 bits per heavy atom. The molecule has 1 saturated heterocycles. The van der Waals surface area contributed by atoms with E-state index in [0.717, 1.165) is 18.5 Å². The predicted octanol–water partition coefficient (Wildman–Crippen LogP) is 2.75. The summed E-state index contributed by atoms with van der Waals surface area (Å²) in [6, 6.07) is 1.52. The quantitative estimate of drug-likeness (QED) is 0.606. The van der Waals surface area contributed by atoms with Gasteiger partial charge in [0.15, 0.2) is 5.96 Å². The van der Waals surface area contributed by atoms with E-state index in [1.807, 2.05) is 7.05 Å². The fraction of sp³-hybridized carbons (Fsp3) is 0.944. The third kappa shape index (κ3) is 3.95. The zero-order chi connectivity index (χ0) is 15.4. The summed E-state index contributed by atoms with van der Waals surface area (Å²) in [5.41, 5.74) is 0.521. The molecular formula is C18H34N4. The third-order valence-corrected chi connectivity index (χ3v) is 6.20. The minimum absolute atomic E-state index is 0.521. The first kappa shape index (κ1) is 16.1. The maximum atomic E-state index is 4.46. The SMILES string of the molecule is CCC1(CNC(=NC)NC2CCN(C3CC3)CC2)CCCC1. The summed E-state index contributed by atoms with van der Waals surface area (Å²) in [7, 11) is 1.90. The number of nitrogens with one attached hydrogen (secondary N) is 2. The van der Waals surface area contributed by atoms with Crippen molar-refractivity contribution in [3.63, 3.8) is 0 Å². The predicted molar refractivity (Wildman–Crippen MR) is 93.3 cm³/mol. The summed E-state index contributed by atoms with van der Waals surface area (Å²) < 4.78 is 0. The van der Waals surface area contributed by atoms with Gasteiger partial charge in [-0.1, -0.05) is 19.8 Å². The van der Waals surface area contributed by atoms with Crippen molar-refractivity contribution in [1.29, 1.82) is 0 Å². The number of guanidine groups is 1. The highest BCUT2D eigenvalue weighted by molar-refractivity contribution is 5.80. The molecule has 4 nitrogen and oxygen atoms in total. The van der Waals surface area contributed by atoms with E-state index in [1.54, 1.807) is 0 Å². The van der Waals surface area contributed by atoms with E-state index in [0.29, 0.717) is 11.5 Å². The van der Waals surface area contributed by atoms with Crippen LogP contribution in [0, 0.1) is 5.41 Å². The van der Waals surface area contributed by atoms with Crippen LogP contribution in [-0.2, 0) is 0 Å². The second-order valence-corrected chi connectivity index (χ2v) is 7.67. The van der Waals surface area contributed by atoms with Gasteiger partial charge in [0, 0.05) is 38.8 Å². The smallest absolute Gasteiger partial charge is 0.191 e. The second-order valence-electron chi connectivity index (χ2n) is 7.67. The molecule has 0 amide bonds. The van der Waals surface area contributed by atoms with Crippen LogP contribution < -0.4 is 10.6 Å². The topological polar surface area (TPSA) is 39.7 Å². The van der Waals surface area contributed by atoms with Crippen molar-refractivity contribution >= 4 is 5.96 Å². The van der Waals surface area contributed by atoms with Crippen LogP contribution in [0.4, 0.5) is 0 Å². The standard InChI is InChI=1S/C18H34N4/c1-3-18(10-4-5-11-18)14-20-17(19-2)21-15-8-12-22(13-9-15)16-6-7-16/h15-16H,3-14H2,1-2H3,(H2,19,20,21). The molecule has 2 saturated carbocycles. The van der Waals surface area contributed by atoms with Gasteiger partial charge in [0.05, 0.1) is 0 Å².